The van der Waals surface area contributed by atoms with E-state index in [1.165, 1.54) is 12.1 Å². The summed E-state index contributed by atoms with van der Waals surface area (Å²) >= 11 is 0. The Kier molecular flexibility index (Phi) is 4.53. The monoisotopic (exact) mass is 232 g/mol. The molecule has 1 aromatic rings. The number of hydrogen-bond acceptors (Lipinski definition) is 3. The maximum atomic E-state index is 10.7. The summed E-state index contributed by atoms with van der Waals surface area (Å²) < 4.78 is 0. The zero-order valence-electron chi connectivity index (χ0n) is 10.1. The molecule has 0 aromatic heterocycles. The molecule has 0 amide bonds. The second kappa shape index (κ2) is 5.90. The predicted molar refractivity (Wildman–Crippen MR) is 69.0 cm³/mol. The first-order valence-electron chi connectivity index (χ1n) is 5.56. The van der Waals surface area contributed by atoms with Crippen LogP contribution in [0.15, 0.2) is 18.2 Å². The maximum absolute atomic E-state index is 10.7. The minimum absolute atomic E-state index is 0.0744. The number of terminal acetylenes is 1. The van der Waals surface area contributed by atoms with E-state index in [0.717, 1.165) is 24.1 Å². The van der Waals surface area contributed by atoms with Crippen molar-refractivity contribution >= 4 is 11.4 Å². The Bertz CT molecular complexity index is 449. The van der Waals surface area contributed by atoms with Crippen molar-refractivity contribution in [2.75, 3.05) is 5.32 Å². The van der Waals surface area contributed by atoms with Crippen molar-refractivity contribution in [2.45, 2.75) is 32.7 Å². The molecule has 4 heteroatoms. The van der Waals surface area contributed by atoms with Crippen LogP contribution in [0.5, 0.6) is 0 Å². The number of rotatable bonds is 5. The average molecular weight is 232 g/mol. The van der Waals surface area contributed by atoms with Crippen LogP contribution in [-0.2, 0) is 0 Å². The fourth-order valence-electron chi connectivity index (χ4n) is 1.55. The lowest BCUT2D eigenvalue weighted by Gasteiger charge is -2.15. The van der Waals surface area contributed by atoms with Crippen LogP contribution in [0.4, 0.5) is 11.4 Å². The van der Waals surface area contributed by atoms with Crippen LogP contribution in [0.25, 0.3) is 0 Å². The molecule has 0 bridgehead atoms. The molecular weight excluding hydrogens is 216 g/mol. The Morgan fingerprint density at radius 2 is 2.29 bits per heavy atom. The first kappa shape index (κ1) is 13.0. The first-order valence-corrected chi connectivity index (χ1v) is 5.56. The van der Waals surface area contributed by atoms with Crippen molar-refractivity contribution in [3.8, 4) is 12.3 Å². The molecule has 1 atom stereocenters. The van der Waals surface area contributed by atoms with Crippen molar-refractivity contribution in [3.63, 3.8) is 0 Å². The average Bonchev–Trinajstić information content (AvgIpc) is 2.30. The van der Waals surface area contributed by atoms with Gasteiger partial charge in [0, 0.05) is 17.8 Å². The molecule has 1 N–H and O–H groups in total. The van der Waals surface area contributed by atoms with Crippen LogP contribution in [0.2, 0.25) is 0 Å². The predicted octanol–water partition coefficient (Wildman–Crippen LogP) is 3.12. The van der Waals surface area contributed by atoms with Gasteiger partial charge in [-0.25, -0.2) is 0 Å². The van der Waals surface area contributed by atoms with E-state index >= 15 is 0 Å². The van der Waals surface area contributed by atoms with Crippen molar-refractivity contribution < 1.29 is 4.92 Å². The smallest absolute Gasteiger partial charge is 0.271 e. The standard InChI is InChI=1S/C13H16N2O2/c1-4-6-11(5-2)14-13-9-12(15(16)17)8-7-10(13)3/h2,7-9,11,14H,4,6H2,1,3H3. The molecule has 1 unspecified atom stereocenters. The second-order valence-corrected chi connectivity index (χ2v) is 3.91. The summed E-state index contributed by atoms with van der Waals surface area (Å²) in [6.45, 7) is 3.94. The lowest BCUT2D eigenvalue weighted by atomic mass is 10.1. The van der Waals surface area contributed by atoms with Crippen LogP contribution in [-0.4, -0.2) is 11.0 Å². The van der Waals surface area contributed by atoms with E-state index in [0.29, 0.717) is 0 Å². The molecule has 0 aliphatic carbocycles. The third-order valence-electron chi connectivity index (χ3n) is 2.54. The van der Waals surface area contributed by atoms with Gasteiger partial charge in [-0.2, -0.15) is 0 Å². The second-order valence-electron chi connectivity index (χ2n) is 3.91. The van der Waals surface area contributed by atoms with E-state index in [4.69, 9.17) is 6.42 Å². The number of aryl methyl sites for hydroxylation is 1. The summed E-state index contributed by atoms with van der Waals surface area (Å²) in [5.41, 5.74) is 1.76. The van der Waals surface area contributed by atoms with Gasteiger partial charge in [-0.3, -0.25) is 10.1 Å². The van der Waals surface area contributed by atoms with Gasteiger partial charge < -0.3 is 5.32 Å². The number of benzene rings is 1. The molecular formula is C13H16N2O2. The van der Waals surface area contributed by atoms with Crippen LogP contribution in [0, 0.1) is 29.4 Å². The molecule has 0 saturated heterocycles. The fraction of sp³-hybridized carbons (Fsp3) is 0.385. The zero-order chi connectivity index (χ0) is 12.8. The number of hydrogen-bond donors (Lipinski definition) is 1. The Balaban J connectivity index is 2.93. The van der Waals surface area contributed by atoms with E-state index in [2.05, 4.69) is 11.2 Å². The van der Waals surface area contributed by atoms with Gasteiger partial charge in [0.1, 0.15) is 0 Å². The first-order chi connectivity index (χ1) is 8.08. The lowest BCUT2D eigenvalue weighted by Crippen LogP contribution is -2.17. The van der Waals surface area contributed by atoms with Gasteiger partial charge in [0.05, 0.1) is 11.0 Å². The van der Waals surface area contributed by atoms with Crippen molar-refractivity contribution in [3.05, 3.63) is 33.9 Å². The number of nitro benzene ring substituents is 1. The van der Waals surface area contributed by atoms with Crippen molar-refractivity contribution in [2.24, 2.45) is 0 Å². The summed E-state index contributed by atoms with van der Waals surface area (Å²) in [6, 6.07) is 4.65. The lowest BCUT2D eigenvalue weighted by molar-refractivity contribution is -0.384. The summed E-state index contributed by atoms with van der Waals surface area (Å²) in [4.78, 5) is 10.3. The van der Waals surface area contributed by atoms with E-state index in [1.54, 1.807) is 6.07 Å². The highest BCUT2D eigenvalue weighted by molar-refractivity contribution is 5.58. The molecule has 0 saturated carbocycles. The van der Waals surface area contributed by atoms with E-state index in [-0.39, 0.29) is 11.7 Å². The quantitative estimate of drug-likeness (QED) is 0.482. The number of nitrogens with one attached hydrogen (secondary N) is 1. The van der Waals surface area contributed by atoms with Crippen LogP contribution < -0.4 is 5.32 Å². The van der Waals surface area contributed by atoms with Gasteiger partial charge >= 0.3 is 0 Å². The molecule has 0 spiro atoms. The number of nitro groups is 1. The third-order valence-corrected chi connectivity index (χ3v) is 2.54. The summed E-state index contributed by atoms with van der Waals surface area (Å²) in [5.74, 6) is 2.65. The summed E-state index contributed by atoms with van der Waals surface area (Å²) in [6.07, 6.45) is 7.22. The molecule has 0 heterocycles. The molecule has 0 radical (unpaired) electrons. The number of anilines is 1. The van der Waals surface area contributed by atoms with Gasteiger partial charge in [-0.1, -0.05) is 25.3 Å². The highest BCUT2D eigenvalue weighted by Gasteiger charge is 2.11. The molecule has 0 fully saturated rings. The highest BCUT2D eigenvalue weighted by atomic mass is 16.6. The Morgan fingerprint density at radius 1 is 1.59 bits per heavy atom. The summed E-state index contributed by atoms with van der Waals surface area (Å²) in [7, 11) is 0. The van der Waals surface area contributed by atoms with Crippen LogP contribution in [0.1, 0.15) is 25.3 Å². The largest absolute Gasteiger partial charge is 0.371 e. The van der Waals surface area contributed by atoms with E-state index in [9.17, 15) is 10.1 Å². The molecule has 1 rings (SSSR count). The van der Waals surface area contributed by atoms with Gasteiger partial charge in [-0.05, 0) is 18.9 Å². The van der Waals surface area contributed by atoms with Gasteiger partial charge in [0.15, 0.2) is 0 Å². The Hall–Kier alpha value is -2.02. The normalized spacial score (nSPS) is 11.6. The SMILES string of the molecule is C#CC(CCC)Nc1cc([N+](=O)[O-])ccc1C. The van der Waals surface area contributed by atoms with Gasteiger partial charge in [-0.15, -0.1) is 6.42 Å². The summed E-state index contributed by atoms with van der Waals surface area (Å²) in [5, 5.41) is 13.8. The molecule has 90 valence electrons. The van der Waals surface area contributed by atoms with Crippen molar-refractivity contribution in [1.82, 2.24) is 0 Å². The molecule has 0 aliphatic heterocycles. The van der Waals surface area contributed by atoms with Gasteiger partial charge in [0.25, 0.3) is 5.69 Å². The van der Waals surface area contributed by atoms with Crippen LogP contribution >= 0.6 is 0 Å². The highest BCUT2D eigenvalue weighted by Crippen LogP contribution is 2.22. The van der Waals surface area contributed by atoms with Gasteiger partial charge in [0.2, 0.25) is 0 Å². The Labute approximate surface area is 101 Å². The zero-order valence-corrected chi connectivity index (χ0v) is 10.1. The third kappa shape index (κ3) is 3.49. The minimum atomic E-state index is -0.407. The molecule has 0 aliphatic rings. The number of non-ortho nitro benzene ring substituents is 1. The number of nitrogens with zero attached hydrogens (tertiary/aromatic N) is 1. The van der Waals surface area contributed by atoms with Crippen LogP contribution in [0.3, 0.4) is 0 Å². The van der Waals surface area contributed by atoms with E-state index < -0.39 is 4.92 Å². The van der Waals surface area contributed by atoms with E-state index in [1.807, 2.05) is 13.8 Å². The topological polar surface area (TPSA) is 55.2 Å². The molecule has 1 aromatic carbocycles. The minimum Gasteiger partial charge on any atom is -0.371 e. The maximum Gasteiger partial charge on any atom is 0.271 e. The Morgan fingerprint density at radius 3 is 2.82 bits per heavy atom. The van der Waals surface area contributed by atoms with Crippen molar-refractivity contribution in [1.29, 1.82) is 0 Å². The molecule has 17 heavy (non-hydrogen) atoms. The fourth-order valence-corrected chi connectivity index (χ4v) is 1.55. The molecule has 4 nitrogen and oxygen atoms in total.